The molecule has 3 rings (SSSR count). The highest BCUT2D eigenvalue weighted by Crippen LogP contribution is 2.29. The number of aromatic nitrogens is 2. The smallest absolute Gasteiger partial charge is 0.161 e. The monoisotopic (exact) mass is 321 g/mol. The molecule has 19 heavy (non-hydrogen) atoms. The van der Waals surface area contributed by atoms with Crippen LogP contribution in [0.2, 0.25) is 0 Å². The van der Waals surface area contributed by atoms with E-state index >= 15 is 0 Å². The van der Waals surface area contributed by atoms with Gasteiger partial charge in [-0.3, -0.25) is 0 Å². The number of benzene rings is 1. The van der Waals surface area contributed by atoms with Crippen molar-refractivity contribution >= 4 is 21.7 Å². The molecule has 0 bridgehead atoms. The van der Waals surface area contributed by atoms with Crippen LogP contribution in [0.15, 0.2) is 22.7 Å². The summed E-state index contributed by atoms with van der Waals surface area (Å²) in [6.45, 7) is 0. The second-order valence-corrected chi connectivity index (χ2v) is 5.41. The van der Waals surface area contributed by atoms with Crippen LogP contribution in [0.5, 0.6) is 0 Å². The van der Waals surface area contributed by atoms with Crippen molar-refractivity contribution < 1.29 is 4.39 Å². The molecule has 0 unspecified atom stereocenters. The summed E-state index contributed by atoms with van der Waals surface area (Å²) in [6, 6.07) is 4.96. The quantitative estimate of drug-likeness (QED) is 0.918. The predicted molar refractivity (Wildman–Crippen MR) is 76.7 cm³/mol. The van der Waals surface area contributed by atoms with E-state index in [1.807, 2.05) is 13.1 Å². The van der Waals surface area contributed by atoms with Gasteiger partial charge in [0.05, 0.1) is 4.47 Å². The number of nitrogens with zero attached hydrogens (tertiary/aromatic N) is 2. The van der Waals surface area contributed by atoms with Gasteiger partial charge in [-0.15, -0.1) is 0 Å². The zero-order valence-electron chi connectivity index (χ0n) is 10.5. The van der Waals surface area contributed by atoms with Gasteiger partial charge in [0, 0.05) is 23.9 Å². The highest BCUT2D eigenvalue weighted by molar-refractivity contribution is 9.10. The molecule has 0 atom stereocenters. The Morgan fingerprint density at radius 2 is 2.11 bits per heavy atom. The fourth-order valence-corrected chi connectivity index (χ4v) is 2.65. The van der Waals surface area contributed by atoms with Crippen LogP contribution >= 0.6 is 15.9 Å². The van der Waals surface area contributed by atoms with E-state index in [1.54, 1.807) is 6.07 Å². The normalized spacial score (nSPS) is 13.4. The minimum Gasteiger partial charge on any atom is -0.373 e. The van der Waals surface area contributed by atoms with Crippen molar-refractivity contribution in [3.05, 3.63) is 39.7 Å². The standard InChI is InChI=1S/C14H13BrFN3/c1-17-14-9-3-2-4-12(9)18-13(19-14)8-5-6-10(15)11(16)7-8/h5-7H,2-4H2,1H3,(H,17,18,19). The Labute approximate surface area is 119 Å². The molecule has 1 N–H and O–H groups in total. The van der Waals surface area contributed by atoms with Gasteiger partial charge in [-0.2, -0.15) is 0 Å². The van der Waals surface area contributed by atoms with Gasteiger partial charge in [0.15, 0.2) is 5.82 Å². The Morgan fingerprint density at radius 3 is 2.84 bits per heavy atom. The van der Waals surface area contributed by atoms with Crippen molar-refractivity contribution in [1.82, 2.24) is 9.97 Å². The van der Waals surface area contributed by atoms with Gasteiger partial charge in [-0.05, 0) is 53.4 Å². The summed E-state index contributed by atoms with van der Waals surface area (Å²) in [5.41, 5.74) is 2.98. The van der Waals surface area contributed by atoms with E-state index in [9.17, 15) is 4.39 Å². The minimum atomic E-state index is -0.299. The Bertz CT molecular complexity index is 643. The third kappa shape index (κ3) is 2.23. The number of hydrogen-bond acceptors (Lipinski definition) is 3. The Balaban J connectivity index is 2.12. The molecule has 0 saturated heterocycles. The molecule has 3 nitrogen and oxygen atoms in total. The first-order valence-corrected chi connectivity index (χ1v) is 7.01. The maximum absolute atomic E-state index is 13.6. The molecule has 1 aromatic heterocycles. The van der Waals surface area contributed by atoms with Crippen LogP contribution in [-0.2, 0) is 12.8 Å². The number of aryl methyl sites for hydroxylation is 1. The largest absolute Gasteiger partial charge is 0.373 e. The lowest BCUT2D eigenvalue weighted by atomic mass is 10.2. The molecule has 1 aromatic carbocycles. The van der Waals surface area contributed by atoms with E-state index in [2.05, 4.69) is 31.2 Å². The van der Waals surface area contributed by atoms with E-state index in [4.69, 9.17) is 0 Å². The zero-order valence-corrected chi connectivity index (χ0v) is 12.1. The highest BCUT2D eigenvalue weighted by Gasteiger charge is 2.19. The van der Waals surface area contributed by atoms with Crippen LogP contribution in [0, 0.1) is 5.82 Å². The van der Waals surface area contributed by atoms with E-state index in [0.717, 1.165) is 30.8 Å². The van der Waals surface area contributed by atoms with E-state index in [1.165, 1.54) is 11.6 Å². The summed E-state index contributed by atoms with van der Waals surface area (Å²) in [5, 5.41) is 3.11. The van der Waals surface area contributed by atoms with Crippen LogP contribution in [-0.4, -0.2) is 17.0 Å². The Kier molecular flexibility index (Phi) is 3.22. The third-order valence-corrected chi connectivity index (χ3v) is 3.99. The summed E-state index contributed by atoms with van der Waals surface area (Å²) in [6.07, 6.45) is 3.09. The average Bonchev–Trinajstić information content (AvgIpc) is 2.89. The molecule has 2 aromatic rings. The minimum absolute atomic E-state index is 0.299. The lowest BCUT2D eigenvalue weighted by molar-refractivity contribution is 0.621. The van der Waals surface area contributed by atoms with Crippen molar-refractivity contribution in [2.24, 2.45) is 0 Å². The van der Waals surface area contributed by atoms with Gasteiger partial charge >= 0.3 is 0 Å². The van der Waals surface area contributed by atoms with Crippen LogP contribution < -0.4 is 5.32 Å². The molecular weight excluding hydrogens is 309 g/mol. The van der Waals surface area contributed by atoms with Crippen molar-refractivity contribution in [1.29, 1.82) is 0 Å². The molecule has 1 aliphatic rings. The molecule has 98 valence electrons. The number of nitrogens with one attached hydrogen (secondary N) is 1. The SMILES string of the molecule is CNc1nc(-c2ccc(Br)c(F)c2)nc2c1CCC2. The summed E-state index contributed by atoms with van der Waals surface area (Å²) in [7, 11) is 1.85. The van der Waals surface area contributed by atoms with Crippen molar-refractivity contribution in [3.8, 4) is 11.4 Å². The molecule has 0 fully saturated rings. The van der Waals surface area contributed by atoms with E-state index in [-0.39, 0.29) is 5.82 Å². The third-order valence-electron chi connectivity index (χ3n) is 3.35. The number of fused-ring (bicyclic) bond motifs is 1. The van der Waals surface area contributed by atoms with E-state index in [0.29, 0.717) is 15.9 Å². The van der Waals surface area contributed by atoms with Crippen LogP contribution in [0.25, 0.3) is 11.4 Å². The van der Waals surface area contributed by atoms with Gasteiger partial charge in [0.25, 0.3) is 0 Å². The molecule has 0 saturated carbocycles. The van der Waals surface area contributed by atoms with Gasteiger partial charge in [0.2, 0.25) is 0 Å². The van der Waals surface area contributed by atoms with Crippen LogP contribution in [0.4, 0.5) is 10.2 Å². The molecule has 1 aliphatic carbocycles. The molecule has 1 heterocycles. The Hall–Kier alpha value is -1.49. The van der Waals surface area contributed by atoms with Crippen molar-refractivity contribution in [2.45, 2.75) is 19.3 Å². The van der Waals surface area contributed by atoms with Gasteiger partial charge in [0.1, 0.15) is 11.6 Å². The lowest BCUT2D eigenvalue weighted by Crippen LogP contribution is -2.03. The predicted octanol–water partition coefficient (Wildman–Crippen LogP) is 3.58. The summed E-state index contributed by atoms with van der Waals surface area (Å²) in [5.74, 6) is 1.14. The average molecular weight is 322 g/mol. The number of anilines is 1. The summed E-state index contributed by atoms with van der Waals surface area (Å²) in [4.78, 5) is 9.07. The molecule has 5 heteroatoms. The van der Waals surface area contributed by atoms with E-state index < -0.39 is 0 Å². The maximum Gasteiger partial charge on any atom is 0.161 e. The number of rotatable bonds is 2. The van der Waals surface area contributed by atoms with Gasteiger partial charge in [-0.25, -0.2) is 14.4 Å². The Morgan fingerprint density at radius 1 is 1.26 bits per heavy atom. The van der Waals surface area contributed by atoms with Crippen LogP contribution in [0.1, 0.15) is 17.7 Å². The molecule has 0 spiro atoms. The first-order valence-electron chi connectivity index (χ1n) is 6.22. The van der Waals surface area contributed by atoms with Crippen molar-refractivity contribution in [2.75, 3.05) is 12.4 Å². The first-order chi connectivity index (χ1) is 9.19. The summed E-state index contributed by atoms with van der Waals surface area (Å²) < 4.78 is 14.1. The maximum atomic E-state index is 13.6. The van der Waals surface area contributed by atoms with Crippen molar-refractivity contribution in [3.63, 3.8) is 0 Å². The highest BCUT2D eigenvalue weighted by atomic mass is 79.9. The molecule has 0 aliphatic heterocycles. The topological polar surface area (TPSA) is 37.8 Å². The summed E-state index contributed by atoms with van der Waals surface area (Å²) >= 11 is 3.15. The lowest BCUT2D eigenvalue weighted by Gasteiger charge is -2.09. The fourth-order valence-electron chi connectivity index (χ4n) is 2.40. The number of halogens is 2. The number of hydrogen-bond donors (Lipinski definition) is 1. The van der Waals surface area contributed by atoms with Crippen LogP contribution in [0.3, 0.4) is 0 Å². The second-order valence-electron chi connectivity index (χ2n) is 4.55. The first kappa shape index (κ1) is 12.5. The molecule has 0 radical (unpaired) electrons. The second kappa shape index (κ2) is 4.89. The molecular formula is C14H13BrFN3. The van der Waals surface area contributed by atoms with Gasteiger partial charge in [-0.1, -0.05) is 0 Å². The van der Waals surface area contributed by atoms with Gasteiger partial charge < -0.3 is 5.32 Å². The molecule has 0 amide bonds. The zero-order chi connectivity index (χ0) is 13.4. The fraction of sp³-hybridized carbons (Fsp3) is 0.286.